The molecule has 0 aromatic carbocycles. The first-order chi connectivity index (χ1) is 8.24. The van der Waals surface area contributed by atoms with Crippen molar-refractivity contribution < 1.29 is 9.59 Å². The Morgan fingerprint density at radius 2 is 1.82 bits per heavy atom. The maximum Gasteiger partial charge on any atom is 0.251 e. The van der Waals surface area contributed by atoms with Gasteiger partial charge in [0.25, 0.3) is 5.91 Å². The number of carbonyl (C=O) groups is 2. The van der Waals surface area contributed by atoms with Gasteiger partial charge < -0.3 is 10.6 Å². The molecule has 5 heteroatoms. The van der Waals surface area contributed by atoms with Gasteiger partial charge in [0.1, 0.15) is 0 Å². The molecule has 1 heterocycles. The van der Waals surface area contributed by atoms with Crippen molar-refractivity contribution in [1.29, 1.82) is 0 Å². The van der Waals surface area contributed by atoms with Gasteiger partial charge in [-0.3, -0.25) is 14.6 Å². The van der Waals surface area contributed by atoms with Gasteiger partial charge in [0, 0.05) is 37.5 Å². The smallest absolute Gasteiger partial charge is 0.251 e. The molecule has 1 aromatic heterocycles. The van der Waals surface area contributed by atoms with Crippen LogP contribution < -0.4 is 10.6 Å². The molecule has 0 saturated heterocycles. The normalized spacial score (nSPS) is 9.71. The van der Waals surface area contributed by atoms with Crippen molar-refractivity contribution in [3.8, 4) is 0 Å². The van der Waals surface area contributed by atoms with Gasteiger partial charge in [-0.2, -0.15) is 0 Å². The summed E-state index contributed by atoms with van der Waals surface area (Å²) < 4.78 is 0. The van der Waals surface area contributed by atoms with Crippen LogP contribution in [-0.2, 0) is 4.79 Å². The molecule has 0 atom stereocenters. The number of amides is 2. The summed E-state index contributed by atoms with van der Waals surface area (Å²) >= 11 is 0. The van der Waals surface area contributed by atoms with Crippen LogP contribution in [0.4, 0.5) is 0 Å². The Bertz CT molecular complexity index is 365. The van der Waals surface area contributed by atoms with Crippen LogP contribution in [0.2, 0.25) is 0 Å². The van der Waals surface area contributed by atoms with Crippen molar-refractivity contribution >= 4 is 11.8 Å². The van der Waals surface area contributed by atoms with Crippen LogP contribution in [-0.4, -0.2) is 29.9 Å². The summed E-state index contributed by atoms with van der Waals surface area (Å²) in [6, 6.07) is 3.32. The molecular weight excluding hydrogens is 218 g/mol. The van der Waals surface area contributed by atoms with E-state index in [1.165, 1.54) is 0 Å². The predicted molar refractivity (Wildman–Crippen MR) is 64.5 cm³/mol. The minimum atomic E-state index is -0.116. The molecule has 0 fully saturated rings. The zero-order valence-corrected chi connectivity index (χ0v) is 9.90. The van der Waals surface area contributed by atoms with Gasteiger partial charge in [-0.25, -0.2) is 0 Å². The Morgan fingerprint density at radius 3 is 2.47 bits per heavy atom. The summed E-state index contributed by atoms with van der Waals surface area (Å²) in [5.74, 6) is -0.0836. The number of pyridine rings is 1. The average Bonchev–Trinajstić information content (AvgIpc) is 2.38. The third kappa shape index (κ3) is 5.10. The quantitative estimate of drug-likeness (QED) is 0.714. The highest BCUT2D eigenvalue weighted by molar-refractivity contribution is 5.93. The van der Waals surface area contributed by atoms with E-state index in [0.717, 1.165) is 6.42 Å². The number of aromatic nitrogens is 1. The fourth-order valence-electron chi connectivity index (χ4n) is 1.25. The standard InChI is InChI=1S/C12H17N3O2/c1-2-11(16)14-6-3-7-15-12(17)10-4-8-13-9-5-10/h4-5,8-9H,2-3,6-7H2,1H3,(H,14,16)(H,15,17). The zero-order valence-electron chi connectivity index (χ0n) is 9.90. The van der Waals surface area contributed by atoms with Crippen LogP contribution >= 0.6 is 0 Å². The fraction of sp³-hybridized carbons (Fsp3) is 0.417. The first-order valence-corrected chi connectivity index (χ1v) is 5.69. The van der Waals surface area contributed by atoms with Crippen molar-refractivity contribution in [3.05, 3.63) is 30.1 Å². The molecule has 1 aromatic rings. The minimum absolute atomic E-state index is 0.0328. The van der Waals surface area contributed by atoms with Crippen LogP contribution in [0.5, 0.6) is 0 Å². The fourth-order valence-corrected chi connectivity index (χ4v) is 1.25. The number of nitrogens with zero attached hydrogens (tertiary/aromatic N) is 1. The lowest BCUT2D eigenvalue weighted by molar-refractivity contribution is -0.120. The average molecular weight is 235 g/mol. The maximum atomic E-state index is 11.6. The monoisotopic (exact) mass is 235 g/mol. The lowest BCUT2D eigenvalue weighted by atomic mass is 10.2. The Hall–Kier alpha value is -1.91. The highest BCUT2D eigenvalue weighted by atomic mass is 16.2. The van der Waals surface area contributed by atoms with E-state index < -0.39 is 0 Å². The van der Waals surface area contributed by atoms with E-state index in [-0.39, 0.29) is 11.8 Å². The number of hydrogen-bond donors (Lipinski definition) is 2. The lowest BCUT2D eigenvalue weighted by Gasteiger charge is -2.05. The largest absolute Gasteiger partial charge is 0.356 e. The van der Waals surface area contributed by atoms with E-state index in [2.05, 4.69) is 15.6 Å². The Morgan fingerprint density at radius 1 is 1.18 bits per heavy atom. The molecule has 0 aliphatic heterocycles. The summed E-state index contributed by atoms with van der Waals surface area (Å²) in [6.45, 7) is 2.94. The van der Waals surface area contributed by atoms with E-state index in [9.17, 15) is 9.59 Å². The van der Waals surface area contributed by atoms with Crippen LogP contribution in [0.15, 0.2) is 24.5 Å². The molecule has 0 aliphatic rings. The van der Waals surface area contributed by atoms with Gasteiger partial charge in [0.2, 0.25) is 5.91 Å². The van der Waals surface area contributed by atoms with Gasteiger partial charge in [0.05, 0.1) is 0 Å². The van der Waals surface area contributed by atoms with E-state index in [1.54, 1.807) is 31.5 Å². The molecule has 0 bridgehead atoms. The van der Waals surface area contributed by atoms with Gasteiger partial charge in [-0.1, -0.05) is 6.92 Å². The number of hydrogen-bond acceptors (Lipinski definition) is 3. The van der Waals surface area contributed by atoms with E-state index >= 15 is 0 Å². The SMILES string of the molecule is CCC(=O)NCCCNC(=O)c1ccncc1. The van der Waals surface area contributed by atoms with Gasteiger partial charge in [-0.05, 0) is 18.6 Å². The summed E-state index contributed by atoms with van der Waals surface area (Å²) in [7, 11) is 0. The highest BCUT2D eigenvalue weighted by Crippen LogP contribution is 1.95. The molecule has 1 rings (SSSR count). The van der Waals surface area contributed by atoms with Gasteiger partial charge in [0.15, 0.2) is 0 Å². The molecular formula is C12H17N3O2. The molecule has 2 amide bonds. The summed E-state index contributed by atoms with van der Waals surface area (Å²) in [5, 5.41) is 5.52. The second kappa shape index (κ2) is 7.38. The molecule has 0 aliphatic carbocycles. The molecule has 2 N–H and O–H groups in total. The molecule has 17 heavy (non-hydrogen) atoms. The summed E-state index contributed by atoms with van der Waals surface area (Å²) in [4.78, 5) is 26.3. The van der Waals surface area contributed by atoms with Crippen LogP contribution in [0.3, 0.4) is 0 Å². The summed E-state index contributed by atoms with van der Waals surface area (Å²) in [6.07, 6.45) is 4.37. The van der Waals surface area contributed by atoms with Crippen molar-refractivity contribution in [2.24, 2.45) is 0 Å². The molecule has 92 valence electrons. The van der Waals surface area contributed by atoms with Crippen molar-refractivity contribution in [3.63, 3.8) is 0 Å². The van der Waals surface area contributed by atoms with Crippen molar-refractivity contribution in [2.45, 2.75) is 19.8 Å². The molecule has 0 radical (unpaired) electrons. The summed E-state index contributed by atoms with van der Waals surface area (Å²) in [5.41, 5.74) is 0.595. The first kappa shape index (κ1) is 13.2. The Balaban J connectivity index is 2.15. The Labute approximate surface area is 101 Å². The van der Waals surface area contributed by atoms with Gasteiger partial charge in [-0.15, -0.1) is 0 Å². The first-order valence-electron chi connectivity index (χ1n) is 5.69. The number of nitrogens with one attached hydrogen (secondary N) is 2. The zero-order chi connectivity index (χ0) is 12.5. The minimum Gasteiger partial charge on any atom is -0.356 e. The third-order valence-corrected chi connectivity index (χ3v) is 2.22. The topological polar surface area (TPSA) is 71.1 Å². The number of carbonyl (C=O) groups excluding carboxylic acids is 2. The van der Waals surface area contributed by atoms with Crippen LogP contribution in [0.25, 0.3) is 0 Å². The van der Waals surface area contributed by atoms with Crippen LogP contribution in [0, 0.1) is 0 Å². The molecule has 0 saturated carbocycles. The second-order valence-electron chi connectivity index (χ2n) is 3.55. The molecule has 0 unspecified atom stereocenters. The predicted octanol–water partition coefficient (Wildman–Crippen LogP) is 0.728. The van der Waals surface area contributed by atoms with Crippen molar-refractivity contribution in [1.82, 2.24) is 15.6 Å². The van der Waals surface area contributed by atoms with Crippen LogP contribution in [0.1, 0.15) is 30.1 Å². The maximum absolute atomic E-state index is 11.6. The highest BCUT2D eigenvalue weighted by Gasteiger charge is 2.03. The van der Waals surface area contributed by atoms with E-state index in [4.69, 9.17) is 0 Å². The lowest BCUT2D eigenvalue weighted by Crippen LogP contribution is -2.29. The van der Waals surface area contributed by atoms with Gasteiger partial charge >= 0.3 is 0 Å². The molecule has 5 nitrogen and oxygen atoms in total. The second-order valence-corrected chi connectivity index (χ2v) is 3.55. The number of rotatable bonds is 6. The van der Waals surface area contributed by atoms with E-state index in [0.29, 0.717) is 25.1 Å². The third-order valence-electron chi connectivity index (χ3n) is 2.22. The van der Waals surface area contributed by atoms with Crippen molar-refractivity contribution in [2.75, 3.05) is 13.1 Å². The van der Waals surface area contributed by atoms with E-state index in [1.807, 2.05) is 0 Å². The molecule has 0 spiro atoms. The Kier molecular flexibility index (Phi) is 5.71.